The second kappa shape index (κ2) is 3.46. The van der Waals surface area contributed by atoms with Gasteiger partial charge in [0, 0.05) is 23.2 Å². The number of aryl methyl sites for hydroxylation is 2. The van der Waals surface area contributed by atoms with Crippen molar-refractivity contribution in [2.75, 3.05) is 6.61 Å². The first-order valence-electron chi connectivity index (χ1n) is 4.91. The van der Waals surface area contributed by atoms with Crippen LogP contribution in [-0.2, 0) is 6.42 Å². The molecule has 2 N–H and O–H groups in total. The lowest BCUT2D eigenvalue weighted by molar-refractivity contribution is 0.300. The lowest BCUT2D eigenvalue weighted by atomic mass is 10.0. The predicted molar refractivity (Wildman–Crippen MR) is 58.6 cm³/mol. The van der Waals surface area contributed by atoms with Gasteiger partial charge in [0.25, 0.3) is 0 Å². The lowest BCUT2D eigenvalue weighted by Gasteiger charge is -2.00. The van der Waals surface area contributed by atoms with Crippen molar-refractivity contribution in [1.82, 2.24) is 4.98 Å². The first kappa shape index (κ1) is 9.28. The van der Waals surface area contributed by atoms with E-state index in [1.54, 1.807) is 0 Å². The van der Waals surface area contributed by atoms with Gasteiger partial charge in [-0.3, -0.25) is 0 Å². The minimum atomic E-state index is 0.210. The summed E-state index contributed by atoms with van der Waals surface area (Å²) < 4.78 is 0. The van der Waals surface area contributed by atoms with E-state index in [0.29, 0.717) is 0 Å². The number of rotatable bonds is 2. The third kappa shape index (κ3) is 1.32. The Labute approximate surface area is 83.6 Å². The zero-order valence-electron chi connectivity index (χ0n) is 8.59. The van der Waals surface area contributed by atoms with Gasteiger partial charge < -0.3 is 10.1 Å². The zero-order chi connectivity index (χ0) is 10.1. The molecule has 0 unspecified atom stereocenters. The molecule has 2 aromatic rings. The van der Waals surface area contributed by atoms with Crippen LogP contribution in [0.1, 0.15) is 16.8 Å². The summed E-state index contributed by atoms with van der Waals surface area (Å²) in [6.45, 7) is 4.38. The molecule has 2 nitrogen and oxygen atoms in total. The average Bonchev–Trinajstić information content (AvgIpc) is 2.45. The Morgan fingerprint density at radius 1 is 1.29 bits per heavy atom. The van der Waals surface area contributed by atoms with Gasteiger partial charge in [-0.1, -0.05) is 12.1 Å². The fourth-order valence-corrected chi connectivity index (χ4v) is 2.06. The SMILES string of the molecule is Cc1[nH]c2cccc(C)c2c1CCO. The van der Waals surface area contributed by atoms with Gasteiger partial charge in [0.2, 0.25) is 0 Å². The molecule has 0 aliphatic carbocycles. The van der Waals surface area contributed by atoms with Crippen molar-refractivity contribution in [1.29, 1.82) is 0 Å². The van der Waals surface area contributed by atoms with E-state index in [2.05, 4.69) is 37.0 Å². The van der Waals surface area contributed by atoms with Crippen molar-refractivity contribution < 1.29 is 5.11 Å². The molecule has 0 saturated carbocycles. The van der Waals surface area contributed by atoms with E-state index in [1.807, 2.05) is 0 Å². The predicted octanol–water partition coefficient (Wildman–Crippen LogP) is 2.32. The Balaban J connectivity index is 2.73. The molecular formula is C12H15NO. The Bertz CT molecular complexity index is 457. The van der Waals surface area contributed by atoms with Crippen molar-refractivity contribution in [3.63, 3.8) is 0 Å². The summed E-state index contributed by atoms with van der Waals surface area (Å²) >= 11 is 0. The molecule has 14 heavy (non-hydrogen) atoms. The van der Waals surface area contributed by atoms with E-state index >= 15 is 0 Å². The van der Waals surface area contributed by atoms with Crippen LogP contribution in [0.15, 0.2) is 18.2 Å². The smallest absolute Gasteiger partial charge is 0.0472 e. The minimum Gasteiger partial charge on any atom is -0.396 e. The molecule has 0 spiro atoms. The second-order valence-electron chi connectivity index (χ2n) is 3.70. The molecule has 1 aromatic heterocycles. The van der Waals surface area contributed by atoms with Gasteiger partial charge in [0.05, 0.1) is 0 Å². The van der Waals surface area contributed by atoms with Crippen LogP contribution in [0.2, 0.25) is 0 Å². The normalized spacial score (nSPS) is 11.1. The summed E-state index contributed by atoms with van der Waals surface area (Å²) in [6, 6.07) is 6.24. The maximum absolute atomic E-state index is 9.00. The molecular weight excluding hydrogens is 174 g/mol. The summed E-state index contributed by atoms with van der Waals surface area (Å²) in [6.07, 6.45) is 0.733. The molecule has 0 atom stereocenters. The number of hydrogen-bond donors (Lipinski definition) is 2. The van der Waals surface area contributed by atoms with Crippen LogP contribution in [-0.4, -0.2) is 16.7 Å². The first-order chi connectivity index (χ1) is 6.74. The first-order valence-corrected chi connectivity index (χ1v) is 4.91. The van der Waals surface area contributed by atoms with Gasteiger partial charge in [-0.05, 0) is 37.5 Å². The Morgan fingerprint density at radius 3 is 2.79 bits per heavy atom. The van der Waals surface area contributed by atoms with Crippen LogP contribution in [0.5, 0.6) is 0 Å². The van der Waals surface area contributed by atoms with Gasteiger partial charge in [-0.2, -0.15) is 0 Å². The van der Waals surface area contributed by atoms with Gasteiger partial charge in [-0.25, -0.2) is 0 Å². The highest BCUT2D eigenvalue weighted by Crippen LogP contribution is 2.25. The van der Waals surface area contributed by atoms with Crippen LogP contribution in [0.25, 0.3) is 10.9 Å². The lowest BCUT2D eigenvalue weighted by Crippen LogP contribution is -1.92. The van der Waals surface area contributed by atoms with E-state index in [4.69, 9.17) is 5.11 Å². The molecule has 0 aliphatic rings. The summed E-state index contributed by atoms with van der Waals surface area (Å²) in [7, 11) is 0. The number of nitrogens with one attached hydrogen (secondary N) is 1. The highest BCUT2D eigenvalue weighted by Gasteiger charge is 2.08. The second-order valence-corrected chi connectivity index (χ2v) is 3.70. The third-order valence-electron chi connectivity index (χ3n) is 2.71. The standard InChI is InChI=1S/C12H15NO/c1-8-4-3-5-11-12(8)10(6-7-14)9(2)13-11/h3-5,13-14H,6-7H2,1-2H3. The molecule has 74 valence electrons. The number of H-pyrrole nitrogens is 1. The van der Waals surface area contributed by atoms with E-state index in [0.717, 1.165) is 6.42 Å². The van der Waals surface area contributed by atoms with Gasteiger partial charge >= 0.3 is 0 Å². The number of aromatic nitrogens is 1. The molecule has 0 radical (unpaired) electrons. The maximum Gasteiger partial charge on any atom is 0.0472 e. The highest BCUT2D eigenvalue weighted by atomic mass is 16.2. The van der Waals surface area contributed by atoms with E-state index in [-0.39, 0.29) is 6.61 Å². The quantitative estimate of drug-likeness (QED) is 0.747. The number of benzene rings is 1. The summed E-state index contributed by atoms with van der Waals surface area (Å²) in [5.74, 6) is 0. The topological polar surface area (TPSA) is 36.0 Å². The average molecular weight is 189 g/mol. The fourth-order valence-electron chi connectivity index (χ4n) is 2.06. The van der Waals surface area contributed by atoms with Crippen molar-refractivity contribution in [3.05, 3.63) is 35.0 Å². The molecule has 0 saturated heterocycles. The number of aliphatic hydroxyl groups excluding tert-OH is 1. The van der Waals surface area contributed by atoms with Crippen molar-refractivity contribution in [2.45, 2.75) is 20.3 Å². The van der Waals surface area contributed by atoms with Gasteiger partial charge in [-0.15, -0.1) is 0 Å². The van der Waals surface area contributed by atoms with Crippen LogP contribution < -0.4 is 0 Å². The Kier molecular flexibility index (Phi) is 2.30. The molecule has 0 bridgehead atoms. The van der Waals surface area contributed by atoms with E-state index < -0.39 is 0 Å². The van der Waals surface area contributed by atoms with E-state index in [1.165, 1.54) is 27.7 Å². The molecule has 0 fully saturated rings. The van der Waals surface area contributed by atoms with Gasteiger partial charge in [0.15, 0.2) is 0 Å². The minimum absolute atomic E-state index is 0.210. The Morgan fingerprint density at radius 2 is 2.07 bits per heavy atom. The molecule has 0 amide bonds. The summed E-state index contributed by atoms with van der Waals surface area (Å²) in [4.78, 5) is 3.34. The third-order valence-corrected chi connectivity index (χ3v) is 2.71. The molecule has 0 aliphatic heterocycles. The molecule has 1 heterocycles. The number of aromatic amines is 1. The number of hydrogen-bond acceptors (Lipinski definition) is 1. The molecule has 2 rings (SSSR count). The highest BCUT2D eigenvalue weighted by molar-refractivity contribution is 5.87. The summed E-state index contributed by atoms with van der Waals surface area (Å²) in [5.41, 5.74) is 4.87. The van der Waals surface area contributed by atoms with Crippen molar-refractivity contribution in [3.8, 4) is 0 Å². The Hall–Kier alpha value is -1.28. The van der Waals surface area contributed by atoms with Crippen molar-refractivity contribution >= 4 is 10.9 Å². The monoisotopic (exact) mass is 189 g/mol. The number of aliphatic hydroxyl groups is 1. The van der Waals surface area contributed by atoms with Crippen molar-refractivity contribution in [2.24, 2.45) is 0 Å². The number of fused-ring (bicyclic) bond motifs is 1. The zero-order valence-corrected chi connectivity index (χ0v) is 8.59. The molecule has 1 aromatic carbocycles. The van der Waals surface area contributed by atoms with Gasteiger partial charge in [0.1, 0.15) is 0 Å². The van der Waals surface area contributed by atoms with E-state index in [9.17, 15) is 0 Å². The fraction of sp³-hybridized carbons (Fsp3) is 0.333. The van der Waals surface area contributed by atoms with Crippen LogP contribution in [0.3, 0.4) is 0 Å². The van der Waals surface area contributed by atoms with Crippen LogP contribution in [0, 0.1) is 13.8 Å². The summed E-state index contributed by atoms with van der Waals surface area (Å²) in [5, 5.41) is 10.3. The largest absolute Gasteiger partial charge is 0.396 e. The van der Waals surface area contributed by atoms with Crippen LogP contribution >= 0.6 is 0 Å². The maximum atomic E-state index is 9.00. The van der Waals surface area contributed by atoms with Crippen LogP contribution in [0.4, 0.5) is 0 Å². The molecule has 2 heteroatoms.